The van der Waals surface area contributed by atoms with Crippen molar-refractivity contribution in [3.8, 4) is 0 Å². The standard InChI is InChI=1S/C21H18N4O2S2/c1-25-13-22-23-21(25)28-20-17-12-6-8-14-7-5-11-16(18(14)17)19(20)24-29(26,27)15-9-3-2-4-10-15/h2-13,19-20,24H,1H3/t19-,20-/m1/s1. The minimum Gasteiger partial charge on any atom is -0.312 e. The lowest BCUT2D eigenvalue weighted by Gasteiger charge is -2.22. The molecule has 0 saturated carbocycles. The molecule has 0 unspecified atom stereocenters. The lowest BCUT2D eigenvalue weighted by atomic mass is 10.1. The maximum absolute atomic E-state index is 13.1. The maximum Gasteiger partial charge on any atom is 0.241 e. The number of nitrogens with zero attached hydrogens (tertiary/aromatic N) is 3. The number of benzene rings is 3. The highest BCUT2D eigenvalue weighted by Gasteiger charge is 2.38. The first-order valence-corrected chi connectivity index (χ1v) is 11.5. The summed E-state index contributed by atoms with van der Waals surface area (Å²) in [6, 6.07) is 20.2. The van der Waals surface area contributed by atoms with Crippen LogP contribution < -0.4 is 4.72 Å². The molecule has 0 spiro atoms. The van der Waals surface area contributed by atoms with E-state index in [0.29, 0.717) is 0 Å². The van der Waals surface area contributed by atoms with Crippen LogP contribution in [0.1, 0.15) is 22.4 Å². The summed E-state index contributed by atoms with van der Waals surface area (Å²) < 4.78 is 31.0. The van der Waals surface area contributed by atoms with Gasteiger partial charge < -0.3 is 4.57 Å². The molecule has 1 aromatic heterocycles. The number of aryl methyl sites for hydroxylation is 1. The molecule has 29 heavy (non-hydrogen) atoms. The molecule has 0 radical (unpaired) electrons. The Morgan fingerprint density at radius 2 is 1.69 bits per heavy atom. The van der Waals surface area contributed by atoms with Gasteiger partial charge in [0.25, 0.3) is 0 Å². The molecule has 1 aliphatic rings. The molecule has 4 aromatic rings. The van der Waals surface area contributed by atoms with Crippen LogP contribution in [0.25, 0.3) is 10.8 Å². The lowest BCUT2D eigenvalue weighted by Crippen LogP contribution is -2.30. The van der Waals surface area contributed by atoms with E-state index < -0.39 is 16.1 Å². The molecule has 1 aliphatic carbocycles. The summed E-state index contributed by atoms with van der Waals surface area (Å²) in [4.78, 5) is 0.255. The Morgan fingerprint density at radius 1 is 0.966 bits per heavy atom. The van der Waals surface area contributed by atoms with Crippen LogP contribution in [-0.2, 0) is 17.1 Å². The van der Waals surface area contributed by atoms with E-state index in [0.717, 1.165) is 27.1 Å². The summed E-state index contributed by atoms with van der Waals surface area (Å²) in [5, 5.41) is 10.9. The minimum atomic E-state index is -3.69. The molecule has 0 saturated heterocycles. The van der Waals surface area contributed by atoms with Crippen molar-refractivity contribution >= 4 is 32.6 Å². The van der Waals surface area contributed by atoms with Gasteiger partial charge in [-0.3, -0.25) is 0 Å². The van der Waals surface area contributed by atoms with Gasteiger partial charge in [-0.2, -0.15) is 0 Å². The van der Waals surface area contributed by atoms with Crippen molar-refractivity contribution in [2.24, 2.45) is 7.05 Å². The van der Waals surface area contributed by atoms with E-state index >= 15 is 0 Å². The van der Waals surface area contributed by atoms with Crippen molar-refractivity contribution in [3.63, 3.8) is 0 Å². The van der Waals surface area contributed by atoms with Crippen molar-refractivity contribution in [2.45, 2.75) is 21.3 Å². The summed E-state index contributed by atoms with van der Waals surface area (Å²) in [7, 11) is -1.80. The van der Waals surface area contributed by atoms with Crippen molar-refractivity contribution in [2.75, 3.05) is 0 Å². The molecule has 1 N–H and O–H groups in total. The smallest absolute Gasteiger partial charge is 0.241 e. The molecule has 0 fully saturated rings. The Labute approximate surface area is 173 Å². The highest BCUT2D eigenvalue weighted by atomic mass is 32.2. The monoisotopic (exact) mass is 422 g/mol. The van der Waals surface area contributed by atoms with Gasteiger partial charge in [0.2, 0.25) is 10.0 Å². The second-order valence-corrected chi connectivity index (χ2v) is 9.79. The van der Waals surface area contributed by atoms with E-state index in [2.05, 4.69) is 33.1 Å². The highest BCUT2D eigenvalue weighted by Crippen LogP contribution is 2.52. The third-order valence-electron chi connectivity index (χ3n) is 5.15. The molecule has 8 heteroatoms. The van der Waals surface area contributed by atoms with Crippen LogP contribution in [0.2, 0.25) is 0 Å². The molecule has 0 aliphatic heterocycles. The summed E-state index contributed by atoms with van der Waals surface area (Å²) >= 11 is 1.52. The average molecular weight is 423 g/mol. The maximum atomic E-state index is 13.1. The molecule has 5 rings (SSSR count). The van der Waals surface area contributed by atoms with E-state index in [1.165, 1.54) is 11.8 Å². The summed E-state index contributed by atoms with van der Waals surface area (Å²) in [5.74, 6) is 0. The topological polar surface area (TPSA) is 76.9 Å². The van der Waals surface area contributed by atoms with Crippen LogP contribution in [0, 0.1) is 0 Å². The fourth-order valence-electron chi connectivity index (χ4n) is 3.82. The Bertz CT molecular complexity index is 1300. The second kappa shape index (κ2) is 6.98. The normalized spacial score (nSPS) is 18.4. The average Bonchev–Trinajstić information content (AvgIpc) is 3.27. The number of nitrogens with one attached hydrogen (secondary N) is 1. The third kappa shape index (κ3) is 3.13. The zero-order valence-electron chi connectivity index (χ0n) is 15.6. The molecular formula is C21H18N4O2S2. The van der Waals surface area contributed by atoms with Crippen LogP contribution in [0.5, 0.6) is 0 Å². The Hall–Kier alpha value is -2.68. The Balaban J connectivity index is 1.62. The fraction of sp³-hybridized carbons (Fsp3) is 0.143. The van der Waals surface area contributed by atoms with Gasteiger partial charge in [-0.05, 0) is 34.0 Å². The van der Waals surface area contributed by atoms with Crippen molar-refractivity contribution in [3.05, 3.63) is 84.2 Å². The van der Waals surface area contributed by atoms with Gasteiger partial charge in [0.15, 0.2) is 5.16 Å². The first-order chi connectivity index (χ1) is 14.0. The highest BCUT2D eigenvalue weighted by molar-refractivity contribution is 7.99. The SMILES string of the molecule is Cn1cnnc1S[C@@H]1c2cccc3cccc(c23)[C@H]1NS(=O)(=O)c1ccccc1. The summed E-state index contributed by atoms with van der Waals surface area (Å²) in [6.07, 6.45) is 1.65. The zero-order chi connectivity index (χ0) is 20.0. The van der Waals surface area contributed by atoms with Gasteiger partial charge in [-0.1, -0.05) is 66.4 Å². The van der Waals surface area contributed by atoms with Crippen molar-refractivity contribution in [1.29, 1.82) is 0 Å². The van der Waals surface area contributed by atoms with E-state index in [1.807, 2.05) is 29.8 Å². The quantitative estimate of drug-likeness (QED) is 0.529. The predicted octanol–water partition coefficient (Wildman–Crippen LogP) is 3.83. The van der Waals surface area contributed by atoms with Crippen LogP contribution in [-0.4, -0.2) is 23.2 Å². The zero-order valence-corrected chi connectivity index (χ0v) is 17.2. The summed E-state index contributed by atoms with van der Waals surface area (Å²) in [5.41, 5.74) is 2.09. The number of sulfonamides is 1. The van der Waals surface area contributed by atoms with Crippen LogP contribution in [0.3, 0.4) is 0 Å². The molecule has 0 bridgehead atoms. The van der Waals surface area contributed by atoms with Gasteiger partial charge in [0.1, 0.15) is 6.33 Å². The number of rotatable bonds is 5. The van der Waals surface area contributed by atoms with Gasteiger partial charge in [0, 0.05) is 7.05 Å². The fourth-order valence-corrected chi connectivity index (χ4v) is 6.37. The van der Waals surface area contributed by atoms with Crippen LogP contribution in [0.15, 0.2) is 83.1 Å². The molecule has 0 amide bonds. The third-order valence-corrected chi connectivity index (χ3v) is 7.97. The lowest BCUT2D eigenvalue weighted by molar-refractivity contribution is 0.557. The molecule has 146 valence electrons. The van der Waals surface area contributed by atoms with Gasteiger partial charge in [0.05, 0.1) is 16.2 Å². The molecule has 3 aromatic carbocycles. The summed E-state index contributed by atoms with van der Waals surface area (Å²) in [6.45, 7) is 0. The Morgan fingerprint density at radius 3 is 2.38 bits per heavy atom. The number of hydrogen-bond donors (Lipinski definition) is 1. The predicted molar refractivity (Wildman–Crippen MR) is 113 cm³/mol. The van der Waals surface area contributed by atoms with E-state index in [1.54, 1.807) is 36.7 Å². The number of thioether (sulfide) groups is 1. The molecule has 1 heterocycles. The van der Waals surface area contributed by atoms with Gasteiger partial charge >= 0.3 is 0 Å². The van der Waals surface area contributed by atoms with Crippen molar-refractivity contribution < 1.29 is 8.42 Å². The van der Waals surface area contributed by atoms with Crippen LogP contribution in [0.4, 0.5) is 0 Å². The first-order valence-electron chi connectivity index (χ1n) is 9.14. The van der Waals surface area contributed by atoms with E-state index in [-0.39, 0.29) is 10.1 Å². The number of aromatic nitrogens is 3. The molecular weight excluding hydrogens is 404 g/mol. The van der Waals surface area contributed by atoms with Crippen LogP contribution >= 0.6 is 11.8 Å². The number of hydrogen-bond acceptors (Lipinski definition) is 5. The molecule has 2 atom stereocenters. The second-order valence-electron chi connectivity index (χ2n) is 6.97. The Kier molecular flexibility index (Phi) is 4.42. The van der Waals surface area contributed by atoms with Crippen molar-refractivity contribution in [1.82, 2.24) is 19.5 Å². The largest absolute Gasteiger partial charge is 0.312 e. The van der Waals surface area contributed by atoms with E-state index in [4.69, 9.17) is 0 Å². The van der Waals surface area contributed by atoms with Gasteiger partial charge in [-0.25, -0.2) is 13.1 Å². The van der Waals surface area contributed by atoms with E-state index in [9.17, 15) is 8.42 Å². The van der Waals surface area contributed by atoms with Gasteiger partial charge in [-0.15, -0.1) is 10.2 Å². The minimum absolute atomic E-state index is 0.155. The first kappa shape index (κ1) is 18.4. The molecule has 6 nitrogen and oxygen atoms in total.